The molecule has 0 radical (unpaired) electrons. The van der Waals surface area contributed by atoms with Crippen molar-refractivity contribution >= 4 is 23.5 Å². The molecule has 0 bridgehead atoms. The lowest BCUT2D eigenvalue weighted by molar-refractivity contribution is -0.136. The van der Waals surface area contributed by atoms with Gasteiger partial charge in [0.05, 0.1) is 57.4 Å². The van der Waals surface area contributed by atoms with Crippen molar-refractivity contribution in [2.45, 2.75) is 13.8 Å². The van der Waals surface area contributed by atoms with Crippen molar-refractivity contribution in [2.75, 3.05) is 52.4 Å². The van der Waals surface area contributed by atoms with Crippen molar-refractivity contribution in [2.24, 2.45) is 0 Å². The first kappa shape index (κ1) is 23.0. The topological polar surface area (TPSA) is 124 Å². The summed E-state index contributed by atoms with van der Waals surface area (Å²) in [6.07, 6.45) is 0. The van der Waals surface area contributed by atoms with Crippen LogP contribution in [0.25, 0.3) is 0 Å². The summed E-state index contributed by atoms with van der Waals surface area (Å²) in [6.45, 7) is 4.02. The summed E-state index contributed by atoms with van der Waals surface area (Å²) in [4.78, 5) is 38.6. The minimum atomic E-state index is -0.693. The second-order valence-corrected chi connectivity index (χ2v) is 6.12. The number of anilines is 1. The van der Waals surface area contributed by atoms with E-state index in [2.05, 4.69) is 5.32 Å². The van der Waals surface area contributed by atoms with E-state index in [0.717, 1.165) is 0 Å². The van der Waals surface area contributed by atoms with Crippen LogP contribution in [0.3, 0.4) is 0 Å². The number of carbonyl (C=O) groups is 3. The highest BCUT2D eigenvalue weighted by Crippen LogP contribution is 2.36. The highest BCUT2D eigenvalue weighted by atomic mass is 16.5. The zero-order valence-corrected chi connectivity index (χ0v) is 17.4. The number of ether oxygens (including phenoxy) is 4. The number of nitrogens with one attached hydrogen (secondary N) is 1. The molecule has 164 valence electrons. The Labute approximate surface area is 174 Å². The van der Waals surface area contributed by atoms with Gasteiger partial charge in [-0.3, -0.25) is 4.79 Å². The van der Waals surface area contributed by atoms with Crippen molar-refractivity contribution in [3.8, 4) is 11.5 Å². The fraction of sp³-hybridized carbons (Fsp3) is 0.450. The van der Waals surface area contributed by atoms with Gasteiger partial charge in [0.1, 0.15) is 5.70 Å². The van der Waals surface area contributed by atoms with E-state index in [1.54, 1.807) is 13.8 Å². The van der Waals surface area contributed by atoms with Crippen LogP contribution in [0.15, 0.2) is 23.4 Å². The van der Waals surface area contributed by atoms with Crippen LogP contribution in [0.2, 0.25) is 0 Å². The number of nitrogens with zero attached hydrogens (tertiary/aromatic N) is 1. The average Bonchev–Trinajstić information content (AvgIpc) is 3.04. The van der Waals surface area contributed by atoms with E-state index in [1.165, 1.54) is 31.3 Å². The number of rotatable bonds is 10. The van der Waals surface area contributed by atoms with Gasteiger partial charge in [0.2, 0.25) is 0 Å². The second kappa shape index (κ2) is 10.5. The smallest absolute Gasteiger partial charge is 0.340 e. The van der Waals surface area contributed by atoms with Gasteiger partial charge in [0.25, 0.3) is 5.91 Å². The monoisotopic (exact) mass is 422 g/mol. The van der Waals surface area contributed by atoms with E-state index in [9.17, 15) is 19.5 Å². The molecule has 0 fully saturated rings. The Morgan fingerprint density at radius 2 is 1.67 bits per heavy atom. The maximum Gasteiger partial charge on any atom is 0.340 e. The number of carbonyl (C=O) groups excluding carboxylic acids is 3. The number of aliphatic hydroxyl groups excluding tert-OH is 1. The SMILES string of the molecule is CCOc1cc(NC2=C(C(=O)OC)CN(CCO)C2=O)c(C(=O)OC)cc1OCC. The summed E-state index contributed by atoms with van der Waals surface area (Å²) in [7, 11) is 2.43. The van der Waals surface area contributed by atoms with E-state index in [1.807, 2.05) is 0 Å². The predicted molar refractivity (Wildman–Crippen MR) is 106 cm³/mol. The van der Waals surface area contributed by atoms with Gasteiger partial charge in [0, 0.05) is 18.7 Å². The molecule has 0 atom stereocenters. The van der Waals surface area contributed by atoms with Crippen LogP contribution in [0, 0.1) is 0 Å². The zero-order chi connectivity index (χ0) is 22.3. The van der Waals surface area contributed by atoms with Gasteiger partial charge in [-0.1, -0.05) is 0 Å². The Bertz CT molecular complexity index is 849. The minimum Gasteiger partial charge on any atom is -0.490 e. The van der Waals surface area contributed by atoms with Crippen LogP contribution in [-0.4, -0.2) is 75.0 Å². The van der Waals surface area contributed by atoms with Crippen LogP contribution in [0.4, 0.5) is 5.69 Å². The fourth-order valence-corrected chi connectivity index (χ4v) is 2.96. The van der Waals surface area contributed by atoms with E-state index in [0.29, 0.717) is 24.7 Å². The van der Waals surface area contributed by atoms with Crippen molar-refractivity contribution < 1.29 is 38.4 Å². The molecular weight excluding hydrogens is 396 g/mol. The summed E-state index contributed by atoms with van der Waals surface area (Å²) in [5.41, 5.74) is 0.324. The Morgan fingerprint density at radius 3 is 2.20 bits per heavy atom. The van der Waals surface area contributed by atoms with Gasteiger partial charge >= 0.3 is 11.9 Å². The summed E-state index contributed by atoms with van der Waals surface area (Å²) in [5.74, 6) is -1.17. The van der Waals surface area contributed by atoms with E-state index in [-0.39, 0.29) is 42.2 Å². The first-order chi connectivity index (χ1) is 14.4. The molecule has 0 unspecified atom stereocenters. The molecule has 0 saturated heterocycles. The lowest BCUT2D eigenvalue weighted by Crippen LogP contribution is -2.31. The normalized spacial score (nSPS) is 13.4. The van der Waals surface area contributed by atoms with Gasteiger partial charge in [-0.2, -0.15) is 0 Å². The van der Waals surface area contributed by atoms with Crippen LogP contribution >= 0.6 is 0 Å². The largest absolute Gasteiger partial charge is 0.490 e. The lowest BCUT2D eigenvalue weighted by Gasteiger charge is -2.18. The van der Waals surface area contributed by atoms with Crippen LogP contribution < -0.4 is 14.8 Å². The maximum absolute atomic E-state index is 12.8. The highest BCUT2D eigenvalue weighted by molar-refractivity contribution is 6.09. The Balaban J connectivity index is 2.57. The number of β-amino-alcohol motifs (C(OH)–C–C–N with tert-alkyl or cyclic N) is 1. The summed E-state index contributed by atoms with van der Waals surface area (Å²) in [6, 6.07) is 2.95. The number of hydrogen-bond donors (Lipinski definition) is 2. The highest BCUT2D eigenvalue weighted by Gasteiger charge is 2.35. The Kier molecular flexibility index (Phi) is 8.05. The Morgan fingerprint density at radius 1 is 1.07 bits per heavy atom. The van der Waals surface area contributed by atoms with Crippen molar-refractivity contribution in [1.82, 2.24) is 4.90 Å². The Hall–Kier alpha value is -3.27. The molecule has 0 saturated carbocycles. The molecule has 0 aliphatic carbocycles. The zero-order valence-electron chi connectivity index (χ0n) is 17.4. The molecule has 0 spiro atoms. The van der Waals surface area contributed by atoms with E-state index < -0.39 is 17.8 Å². The van der Waals surface area contributed by atoms with Gasteiger partial charge in [0.15, 0.2) is 11.5 Å². The lowest BCUT2D eigenvalue weighted by atomic mass is 10.1. The van der Waals surface area contributed by atoms with Gasteiger partial charge < -0.3 is 34.3 Å². The standard InChI is InChI=1S/C20H26N2O8/c1-5-29-15-9-12(19(25)27-3)14(10-16(15)30-6-2)21-17-13(20(26)28-4)11-22(7-8-23)18(17)24/h9-10,21,23H,5-8,11H2,1-4H3. The number of methoxy groups -OCH3 is 2. The molecule has 1 aliphatic heterocycles. The molecule has 1 aliphatic rings. The molecule has 30 heavy (non-hydrogen) atoms. The molecule has 2 N–H and O–H groups in total. The molecule has 1 heterocycles. The number of esters is 2. The van der Waals surface area contributed by atoms with Gasteiger partial charge in [-0.25, -0.2) is 9.59 Å². The summed E-state index contributed by atoms with van der Waals surface area (Å²) < 4.78 is 20.8. The van der Waals surface area contributed by atoms with Crippen LogP contribution in [0.5, 0.6) is 11.5 Å². The third kappa shape index (κ3) is 4.82. The van der Waals surface area contributed by atoms with Gasteiger partial charge in [-0.15, -0.1) is 0 Å². The van der Waals surface area contributed by atoms with Crippen molar-refractivity contribution in [1.29, 1.82) is 0 Å². The fourth-order valence-electron chi connectivity index (χ4n) is 2.96. The number of benzene rings is 1. The molecular formula is C20H26N2O8. The molecule has 10 nitrogen and oxygen atoms in total. The third-order valence-corrected chi connectivity index (χ3v) is 4.30. The van der Waals surface area contributed by atoms with Crippen molar-refractivity contribution in [3.05, 3.63) is 29.0 Å². The number of amides is 1. The van der Waals surface area contributed by atoms with Gasteiger partial charge in [-0.05, 0) is 13.8 Å². The third-order valence-electron chi connectivity index (χ3n) is 4.30. The maximum atomic E-state index is 12.8. The first-order valence-corrected chi connectivity index (χ1v) is 9.42. The number of aliphatic hydroxyl groups is 1. The van der Waals surface area contributed by atoms with E-state index in [4.69, 9.17) is 18.9 Å². The average molecular weight is 422 g/mol. The summed E-state index contributed by atoms with van der Waals surface area (Å²) in [5, 5.41) is 12.1. The van der Waals surface area contributed by atoms with E-state index >= 15 is 0 Å². The quantitative estimate of drug-likeness (QED) is 0.530. The molecule has 0 aromatic heterocycles. The molecule has 10 heteroatoms. The predicted octanol–water partition coefficient (Wildman–Crippen LogP) is 0.944. The molecule has 2 rings (SSSR count). The van der Waals surface area contributed by atoms with Crippen LogP contribution in [0.1, 0.15) is 24.2 Å². The molecule has 1 aromatic carbocycles. The summed E-state index contributed by atoms with van der Waals surface area (Å²) >= 11 is 0. The molecule has 1 aromatic rings. The number of hydrogen-bond acceptors (Lipinski definition) is 9. The van der Waals surface area contributed by atoms with Crippen LogP contribution in [-0.2, 0) is 19.1 Å². The van der Waals surface area contributed by atoms with Crippen molar-refractivity contribution in [3.63, 3.8) is 0 Å². The minimum absolute atomic E-state index is 0.0305. The second-order valence-electron chi connectivity index (χ2n) is 6.12. The molecule has 1 amide bonds. The first-order valence-electron chi connectivity index (χ1n) is 9.42.